The fourth-order valence-corrected chi connectivity index (χ4v) is 5.81. The summed E-state index contributed by atoms with van der Waals surface area (Å²) in [4.78, 5) is 35.2. The Morgan fingerprint density at radius 2 is 1.25 bits per heavy atom. The van der Waals surface area contributed by atoms with Gasteiger partial charge in [-0.25, -0.2) is 4.57 Å². The highest BCUT2D eigenvalue weighted by atomic mass is 31.2. The lowest BCUT2D eigenvalue weighted by molar-refractivity contribution is -0.870. The Morgan fingerprint density at radius 1 is 0.673 bits per heavy atom. The zero-order valence-electron chi connectivity index (χ0n) is 35.0. The van der Waals surface area contributed by atoms with E-state index in [9.17, 15) is 24.2 Å². The van der Waals surface area contributed by atoms with Crippen molar-refractivity contribution < 1.29 is 47.2 Å². The summed E-state index contributed by atoms with van der Waals surface area (Å²) < 4.78 is 34.1. The van der Waals surface area contributed by atoms with Gasteiger partial charge in [-0.1, -0.05) is 151 Å². The first-order valence-corrected chi connectivity index (χ1v) is 22.3. The van der Waals surface area contributed by atoms with Gasteiger partial charge in [-0.3, -0.25) is 18.6 Å². The zero-order valence-corrected chi connectivity index (χ0v) is 35.9. The molecule has 316 valence electrons. The standard InChI is InChI=1S/C44H76NO9P/c1-6-8-10-12-14-16-18-20-22-27-31-35-43(47)51-39-42(40-53-55(49,50)52-38-37-45(3,4)5)54-44(48)36-32-28-24-23-26-30-34-41(46)33-29-25-21-19-17-15-13-11-9-7-2/h9,11,15,17,21,24-26,28-30,33,41-42,46H,6-8,10,12-14,16,18-20,22-23,27,31-32,34-40H2,1-5H3/p+1/b11-9-,17-15-,25-21-,28-24-,30-26-,33-29+. The van der Waals surface area contributed by atoms with Crippen molar-refractivity contribution in [2.24, 2.45) is 0 Å². The topological polar surface area (TPSA) is 129 Å². The van der Waals surface area contributed by atoms with Crippen molar-refractivity contribution in [3.8, 4) is 0 Å². The predicted molar refractivity (Wildman–Crippen MR) is 225 cm³/mol. The molecule has 11 heteroatoms. The first kappa shape index (κ1) is 52.4. The quantitative estimate of drug-likeness (QED) is 0.0159. The Labute approximate surface area is 334 Å². The van der Waals surface area contributed by atoms with Gasteiger partial charge in [-0.05, 0) is 44.9 Å². The van der Waals surface area contributed by atoms with E-state index in [1.807, 2.05) is 63.7 Å². The summed E-state index contributed by atoms with van der Waals surface area (Å²) in [6, 6.07) is 0. The minimum Gasteiger partial charge on any atom is -0.462 e. The molecule has 0 aliphatic rings. The van der Waals surface area contributed by atoms with Crippen LogP contribution in [0.4, 0.5) is 0 Å². The maximum atomic E-state index is 12.6. The number of ether oxygens (including phenoxy) is 2. The van der Waals surface area contributed by atoms with Gasteiger partial charge < -0.3 is 24.0 Å². The molecule has 0 aromatic heterocycles. The molecule has 3 unspecified atom stereocenters. The summed E-state index contributed by atoms with van der Waals surface area (Å²) in [5.74, 6) is -0.951. The lowest BCUT2D eigenvalue weighted by atomic mass is 10.1. The van der Waals surface area contributed by atoms with E-state index < -0.39 is 38.6 Å². The predicted octanol–water partition coefficient (Wildman–Crippen LogP) is 10.4. The van der Waals surface area contributed by atoms with Gasteiger partial charge in [0.15, 0.2) is 6.10 Å². The number of quaternary nitrogens is 1. The number of rotatable bonds is 36. The normalized spacial score (nSPS) is 15.0. The van der Waals surface area contributed by atoms with Crippen LogP contribution in [0.5, 0.6) is 0 Å². The molecule has 0 heterocycles. The average molecular weight is 795 g/mol. The number of allylic oxidation sites excluding steroid dienone is 10. The number of aliphatic hydroxyl groups excluding tert-OH is 1. The number of aliphatic hydroxyl groups is 1. The monoisotopic (exact) mass is 795 g/mol. The molecule has 0 spiro atoms. The van der Waals surface area contributed by atoms with Crippen LogP contribution in [0.2, 0.25) is 0 Å². The number of nitrogens with zero attached hydrogens (tertiary/aromatic N) is 1. The minimum atomic E-state index is -4.41. The zero-order chi connectivity index (χ0) is 40.9. The van der Waals surface area contributed by atoms with Crippen LogP contribution < -0.4 is 0 Å². The summed E-state index contributed by atoms with van der Waals surface area (Å²) >= 11 is 0. The third-order valence-electron chi connectivity index (χ3n) is 8.34. The number of hydrogen-bond acceptors (Lipinski definition) is 8. The highest BCUT2D eigenvalue weighted by molar-refractivity contribution is 7.47. The molecular formula is C44H77NO9P+. The van der Waals surface area contributed by atoms with Crippen molar-refractivity contribution >= 4 is 19.8 Å². The van der Waals surface area contributed by atoms with E-state index >= 15 is 0 Å². The van der Waals surface area contributed by atoms with Gasteiger partial charge in [0.1, 0.15) is 19.8 Å². The third-order valence-corrected chi connectivity index (χ3v) is 9.33. The number of phosphoric ester groups is 1. The van der Waals surface area contributed by atoms with E-state index in [1.54, 1.807) is 6.08 Å². The van der Waals surface area contributed by atoms with Gasteiger partial charge >= 0.3 is 19.8 Å². The average Bonchev–Trinajstić information content (AvgIpc) is 3.13. The summed E-state index contributed by atoms with van der Waals surface area (Å²) in [5.41, 5.74) is 0. The SMILES string of the molecule is CC/C=C\C/C=C\C/C=C\C=C\C(O)C/C=C\C/C=C\CCC(=O)OC(COC(=O)CCCCCCCCCCCCC)COP(=O)(O)OCC[N+](C)(C)C. The molecule has 55 heavy (non-hydrogen) atoms. The Hall–Kier alpha value is -2.59. The molecule has 0 rings (SSSR count). The Bertz CT molecular complexity index is 1190. The molecule has 0 amide bonds. The minimum absolute atomic E-state index is 0.00254. The van der Waals surface area contributed by atoms with E-state index in [2.05, 4.69) is 38.2 Å². The van der Waals surface area contributed by atoms with Gasteiger partial charge in [-0.15, -0.1) is 0 Å². The Kier molecular flexibility index (Phi) is 34.1. The number of hydrogen-bond donors (Lipinski definition) is 2. The van der Waals surface area contributed by atoms with E-state index in [0.29, 0.717) is 30.3 Å². The molecule has 0 aromatic rings. The number of phosphoric acid groups is 1. The van der Waals surface area contributed by atoms with E-state index in [4.69, 9.17) is 18.5 Å². The summed E-state index contributed by atoms with van der Waals surface area (Å²) in [7, 11) is 1.38. The molecule has 0 fully saturated rings. The number of esters is 2. The smallest absolute Gasteiger partial charge is 0.462 e. The maximum Gasteiger partial charge on any atom is 0.472 e. The van der Waals surface area contributed by atoms with E-state index in [0.717, 1.165) is 38.5 Å². The van der Waals surface area contributed by atoms with Gasteiger partial charge in [0.2, 0.25) is 0 Å². The van der Waals surface area contributed by atoms with Crippen molar-refractivity contribution in [3.05, 3.63) is 72.9 Å². The summed E-state index contributed by atoms with van der Waals surface area (Å²) in [6.07, 6.45) is 39.9. The second-order valence-corrected chi connectivity index (χ2v) is 16.3. The molecule has 0 aliphatic heterocycles. The van der Waals surface area contributed by atoms with Crippen molar-refractivity contribution in [2.45, 2.75) is 148 Å². The number of unbranched alkanes of at least 4 members (excludes halogenated alkanes) is 10. The Morgan fingerprint density at radius 3 is 1.89 bits per heavy atom. The van der Waals surface area contributed by atoms with Crippen LogP contribution in [-0.4, -0.2) is 86.1 Å². The fraction of sp³-hybridized carbons (Fsp3) is 0.682. The van der Waals surface area contributed by atoms with Crippen molar-refractivity contribution in [3.63, 3.8) is 0 Å². The summed E-state index contributed by atoms with van der Waals surface area (Å²) in [5, 5.41) is 10.1. The summed E-state index contributed by atoms with van der Waals surface area (Å²) in [6.45, 7) is 4.09. The second kappa shape index (κ2) is 35.8. The van der Waals surface area contributed by atoms with Crippen LogP contribution in [0.15, 0.2) is 72.9 Å². The Balaban J connectivity index is 4.62. The molecule has 3 atom stereocenters. The third kappa shape index (κ3) is 39.4. The number of carbonyl (C=O) groups is 2. The van der Waals surface area contributed by atoms with Gasteiger partial charge in [0, 0.05) is 12.8 Å². The van der Waals surface area contributed by atoms with Crippen LogP contribution in [0.1, 0.15) is 136 Å². The molecule has 0 aromatic carbocycles. The van der Waals surface area contributed by atoms with Gasteiger partial charge in [0.25, 0.3) is 0 Å². The van der Waals surface area contributed by atoms with E-state index in [1.165, 1.54) is 51.4 Å². The van der Waals surface area contributed by atoms with Crippen LogP contribution in [0, 0.1) is 0 Å². The lowest BCUT2D eigenvalue weighted by Crippen LogP contribution is -2.37. The van der Waals surface area contributed by atoms with Crippen LogP contribution in [-0.2, 0) is 32.7 Å². The molecule has 2 N–H and O–H groups in total. The second-order valence-electron chi connectivity index (χ2n) is 14.8. The number of likely N-dealkylation sites (N-methyl/N-ethyl adjacent to an activating group) is 1. The lowest BCUT2D eigenvalue weighted by Gasteiger charge is -2.24. The van der Waals surface area contributed by atoms with Crippen molar-refractivity contribution in [1.29, 1.82) is 0 Å². The highest BCUT2D eigenvalue weighted by Crippen LogP contribution is 2.43. The molecule has 0 saturated carbocycles. The largest absolute Gasteiger partial charge is 0.472 e. The van der Waals surface area contributed by atoms with Gasteiger partial charge in [-0.2, -0.15) is 0 Å². The van der Waals surface area contributed by atoms with E-state index in [-0.39, 0.29) is 26.1 Å². The van der Waals surface area contributed by atoms with Crippen LogP contribution >= 0.6 is 7.82 Å². The van der Waals surface area contributed by atoms with Crippen LogP contribution in [0.3, 0.4) is 0 Å². The molecule has 0 aliphatic carbocycles. The van der Waals surface area contributed by atoms with Crippen molar-refractivity contribution in [2.75, 3.05) is 47.5 Å². The molecule has 0 saturated heterocycles. The molecule has 0 bridgehead atoms. The number of carbonyl (C=O) groups excluding carboxylic acids is 2. The maximum absolute atomic E-state index is 12.6. The fourth-order valence-electron chi connectivity index (χ4n) is 5.06. The highest BCUT2D eigenvalue weighted by Gasteiger charge is 2.27. The first-order valence-electron chi connectivity index (χ1n) is 20.8. The van der Waals surface area contributed by atoms with Gasteiger partial charge in [0.05, 0.1) is 33.9 Å². The van der Waals surface area contributed by atoms with Crippen LogP contribution in [0.25, 0.3) is 0 Å². The molecule has 10 nitrogen and oxygen atoms in total. The first-order chi connectivity index (χ1) is 26.4. The molecule has 0 radical (unpaired) electrons. The van der Waals surface area contributed by atoms with Crippen molar-refractivity contribution in [1.82, 2.24) is 0 Å². The molecular weight excluding hydrogens is 717 g/mol.